The Morgan fingerprint density at radius 3 is 2.45 bits per heavy atom. The van der Waals surface area contributed by atoms with Crippen molar-refractivity contribution in [3.63, 3.8) is 0 Å². The fourth-order valence-corrected chi connectivity index (χ4v) is 3.51. The van der Waals surface area contributed by atoms with Crippen molar-refractivity contribution >= 4 is 27.6 Å². The smallest absolute Gasteiger partial charge is 0.337 e. The lowest BCUT2D eigenvalue weighted by molar-refractivity contribution is 0.0697. The summed E-state index contributed by atoms with van der Waals surface area (Å²) < 4.78 is 26.1. The van der Waals surface area contributed by atoms with Crippen molar-refractivity contribution in [3.8, 4) is 0 Å². The van der Waals surface area contributed by atoms with Gasteiger partial charge in [0.25, 0.3) is 0 Å². The number of rotatable bonds is 6. The Morgan fingerprint density at radius 2 is 2.05 bits per heavy atom. The van der Waals surface area contributed by atoms with Gasteiger partial charge in [0.05, 0.1) is 15.5 Å². The summed E-state index contributed by atoms with van der Waals surface area (Å²) in [5.41, 5.74) is 0.581. The van der Waals surface area contributed by atoms with E-state index in [0.29, 0.717) is 5.57 Å². The van der Waals surface area contributed by atoms with Crippen molar-refractivity contribution in [2.24, 2.45) is 0 Å². The highest BCUT2D eigenvalue weighted by molar-refractivity contribution is 7.89. The number of aromatic carboxylic acids is 1. The summed E-state index contributed by atoms with van der Waals surface area (Å²) in [5, 5.41) is 8.77. The number of carboxylic acid groups (broad SMARTS) is 1. The zero-order valence-electron chi connectivity index (χ0n) is 11.3. The molecule has 0 heterocycles. The van der Waals surface area contributed by atoms with Crippen LogP contribution < -0.4 is 0 Å². The van der Waals surface area contributed by atoms with E-state index in [0.717, 1.165) is 6.07 Å². The molecule has 0 aliphatic heterocycles. The third kappa shape index (κ3) is 3.59. The topological polar surface area (TPSA) is 74.7 Å². The lowest BCUT2D eigenvalue weighted by Crippen LogP contribution is -2.32. The SMILES string of the molecule is C=C(C)CN(CC)S(=O)(=O)c1ccc(C(=O)O)c(Cl)c1. The summed E-state index contributed by atoms with van der Waals surface area (Å²) in [6.07, 6.45) is 0. The summed E-state index contributed by atoms with van der Waals surface area (Å²) >= 11 is 5.80. The van der Waals surface area contributed by atoms with Gasteiger partial charge >= 0.3 is 5.97 Å². The monoisotopic (exact) mass is 317 g/mol. The molecule has 0 aliphatic carbocycles. The van der Waals surface area contributed by atoms with Gasteiger partial charge in [0.2, 0.25) is 10.0 Å². The maximum Gasteiger partial charge on any atom is 0.337 e. The van der Waals surface area contributed by atoms with E-state index in [2.05, 4.69) is 6.58 Å². The van der Waals surface area contributed by atoms with Gasteiger partial charge in [0, 0.05) is 13.1 Å². The van der Waals surface area contributed by atoms with Crippen LogP contribution in [-0.2, 0) is 10.0 Å². The predicted octanol–water partition coefficient (Wildman–Crippen LogP) is 2.62. The van der Waals surface area contributed by atoms with Gasteiger partial charge in [0.1, 0.15) is 0 Å². The van der Waals surface area contributed by atoms with E-state index in [4.69, 9.17) is 16.7 Å². The molecule has 0 aromatic heterocycles. The Kier molecular flexibility index (Phi) is 5.33. The third-order valence-electron chi connectivity index (χ3n) is 2.61. The van der Waals surface area contributed by atoms with E-state index in [-0.39, 0.29) is 28.6 Å². The quantitative estimate of drug-likeness (QED) is 0.818. The van der Waals surface area contributed by atoms with Gasteiger partial charge in [-0.2, -0.15) is 4.31 Å². The Labute approximate surface area is 123 Å². The van der Waals surface area contributed by atoms with Crippen LogP contribution in [0.3, 0.4) is 0 Å². The predicted molar refractivity (Wildman–Crippen MR) is 77.7 cm³/mol. The number of sulfonamides is 1. The number of benzene rings is 1. The van der Waals surface area contributed by atoms with Gasteiger partial charge in [-0.15, -0.1) is 0 Å². The zero-order valence-corrected chi connectivity index (χ0v) is 12.8. The van der Waals surface area contributed by atoms with E-state index in [1.807, 2.05) is 0 Å². The Balaban J connectivity index is 3.25. The van der Waals surface area contributed by atoms with Crippen molar-refractivity contribution in [1.29, 1.82) is 0 Å². The molecule has 7 heteroatoms. The zero-order chi connectivity index (χ0) is 15.5. The second kappa shape index (κ2) is 6.39. The second-order valence-electron chi connectivity index (χ2n) is 4.34. The van der Waals surface area contributed by atoms with Gasteiger partial charge < -0.3 is 5.11 Å². The first-order chi connectivity index (χ1) is 9.20. The van der Waals surface area contributed by atoms with Crippen molar-refractivity contribution in [2.75, 3.05) is 13.1 Å². The molecule has 0 saturated heterocycles. The standard InChI is InChI=1S/C13H16ClNO4S/c1-4-15(8-9(2)3)20(18,19)10-5-6-11(13(16)17)12(14)7-10/h5-7H,2,4,8H2,1,3H3,(H,16,17). The fourth-order valence-electron chi connectivity index (χ4n) is 1.65. The van der Waals surface area contributed by atoms with Crippen LogP contribution in [0.5, 0.6) is 0 Å². The van der Waals surface area contributed by atoms with Crippen molar-refractivity contribution in [1.82, 2.24) is 4.31 Å². The molecule has 0 radical (unpaired) electrons. The number of likely N-dealkylation sites (N-methyl/N-ethyl adjacent to an activating group) is 1. The number of hydrogen-bond acceptors (Lipinski definition) is 3. The molecule has 0 amide bonds. The lowest BCUT2D eigenvalue weighted by atomic mass is 10.2. The van der Waals surface area contributed by atoms with Crippen molar-refractivity contribution in [3.05, 3.63) is 40.9 Å². The fraction of sp³-hybridized carbons (Fsp3) is 0.308. The molecule has 0 atom stereocenters. The first-order valence-corrected chi connectivity index (χ1v) is 7.69. The van der Waals surface area contributed by atoms with Crippen LogP contribution in [0.25, 0.3) is 0 Å². The molecule has 0 unspecified atom stereocenters. The maximum absolute atomic E-state index is 12.4. The molecule has 0 spiro atoms. The average Bonchev–Trinajstić information content (AvgIpc) is 2.34. The van der Waals surface area contributed by atoms with Crippen LogP contribution in [0.15, 0.2) is 35.2 Å². The minimum Gasteiger partial charge on any atom is -0.478 e. The molecule has 0 bridgehead atoms. The molecule has 5 nitrogen and oxygen atoms in total. The van der Waals surface area contributed by atoms with E-state index in [1.54, 1.807) is 13.8 Å². The maximum atomic E-state index is 12.4. The van der Waals surface area contributed by atoms with Crippen LogP contribution in [0.1, 0.15) is 24.2 Å². The van der Waals surface area contributed by atoms with Crippen LogP contribution in [0.4, 0.5) is 0 Å². The molecule has 1 N–H and O–H groups in total. The summed E-state index contributed by atoms with van der Waals surface area (Å²) in [4.78, 5) is 10.8. The highest BCUT2D eigenvalue weighted by Crippen LogP contribution is 2.23. The molecule has 0 fully saturated rings. The number of nitrogens with zero attached hydrogens (tertiary/aromatic N) is 1. The molecular weight excluding hydrogens is 302 g/mol. The number of halogens is 1. The minimum absolute atomic E-state index is 0.0319. The van der Waals surface area contributed by atoms with Crippen LogP contribution in [0, 0.1) is 0 Å². The van der Waals surface area contributed by atoms with Crippen molar-refractivity contribution < 1.29 is 18.3 Å². The largest absolute Gasteiger partial charge is 0.478 e. The summed E-state index contributed by atoms with van der Waals surface area (Å²) in [6.45, 7) is 7.64. The molecule has 0 saturated carbocycles. The van der Waals surface area contributed by atoms with Gasteiger partial charge in [-0.1, -0.05) is 30.7 Å². The number of carboxylic acids is 1. The molecular formula is C13H16ClNO4S. The van der Waals surface area contributed by atoms with Gasteiger partial charge in [0.15, 0.2) is 0 Å². The van der Waals surface area contributed by atoms with Gasteiger partial charge in [-0.05, 0) is 25.1 Å². The van der Waals surface area contributed by atoms with E-state index in [9.17, 15) is 13.2 Å². The highest BCUT2D eigenvalue weighted by Gasteiger charge is 2.24. The first-order valence-electron chi connectivity index (χ1n) is 5.87. The molecule has 20 heavy (non-hydrogen) atoms. The molecule has 0 aliphatic rings. The molecule has 1 rings (SSSR count). The van der Waals surface area contributed by atoms with Crippen molar-refractivity contribution in [2.45, 2.75) is 18.7 Å². The third-order valence-corrected chi connectivity index (χ3v) is 4.84. The average molecular weight is 318 g/mol. The van der Waals surface area contributed by atoms with Gasteiger partial charge in [-0.25, -0.2) is 13.2 Å². The molecule has 1 aromatic rings. The van der Waals surface area contributed by atoms with E-state index >= 15 is 0 Å². The minimum atomic E-state index is -3.72. The van der Waals surface area contributed by atoms with Crippen LogP contribution in [-0.4, -0.2) is 36.9 Å². The molecule has 110 valence electrons. The second-order valence-corrected chi connectivity index (χ2v) is 6.68. The summed E-state index contributed by atoms with van der Waals surface area (Å²) in [6, 6.07) is 3.58. The lowest BCUT2D eigenvalue weighted by Gasteiger charge is -2.20. The normalized spacial score (nSPS) is 11.6. The van der Waals surface area contributed by atoms with E-state index < -0.39 is 16.0 Å². The number of hydrogen-bond donors (Lipinski definition) is 1. The van der Waals surface area contributed by atoms with Gasteiger partial charge in [-0.3, -0.25) is 0 Å². The Morgan fingerprint density at radius 1 is 1.45 bits per heavy atom. The highest BCUT2D eigenvalue weighted by atomic mass is 35.5. The molecule has 1 aromatic carbocycles. The Bertz CT molecular complexity index is 640. The van der Waals surface area contributed by atoms with Crippen LogP contribution in [0.2, 0.25) is 5.02 Å². The van der Waals surface area contributed by atoms with Crippen LogP contribution >= 0.6 is 11.6 Å². The Hall–Kier alpha value is -1.37. The van der Waals surface area contributed by atoms with E-state index in [1.165, 1.54) is 16.4 Å². The first kappa shape index (κ1) is 16.7. The summed E-state index contributed by atoms with van der Waals surface area (Å²) in [7, 11) is -3.72. The number of carbonyl (C=O) groups is 1. The summed E-state index contributed by atoms with van der Waals surface area (Å²) in [5.74, 6) is -1.20.